The molecule has 0 saturated heterocycles. The molecule has 2 atom stereocenters. The van der Waals surface area contributed by atoms with Crippen LogP contribution in [0.25, 0.3) is 22.6 Å². The van der Waals surface area contributed by atoms with Gasteiger partial charge in [0.05, 0.1) is 16.7 Å². The van der Waals surface area contributed by atoms with E-state index >= 15 is 0 Å². The van der Waals surface area contributed by atoms with Gasteiger partial charge in [-0.1, -0.05) is 46.2 Å². The van der Waals surface area contributed by atoms with Crippen molar-refractivity contribution in [3.8, 4) is 11.5 Å². The summed E-state index contributed by atoms with van der Waals surface area (Å²) in [7, 11) is -2.52. The quantitative estimate of drug-likeness (QED) is 0.173. The fourth-order valence-corrected chi connectivity index (χ4v) is 7.15. The first-order valence-corrected chi connectivity index (χ1v) is 22.0. The average molecular weight is 602 g/mol. The van der Waals surface area contributed by atoms with Gasteiger partial charge in [0.2, 0.25) is 0 Å². The monoisotopic (exact) mass is 601 g/mol. The normalized spacial score (nSPS) is 20.2. The molecule has 2 aliphatic rings. The Morgan fingerprint density at radius 1 is 1.12 bits per heavy atom. The molecule has 0 spiro atoms. The summed E-state index contributed by atoms with van der Waals surface area (Å²) >= 11 is 0. The third kappa shape index (κ3) is 6.76. The number of halogens is 1. The summed E-state index contributed by atoms with van der Waals surface area (Å²) < 4.78 is 31.1. The molecule has 0 unspecified atom stereocenters. The van der Waals surface area contributed by atoms with E-state index in [2.05, 4.69) is 51.5 Å². The Bertz CT molecular complexity index is 1460. The van der Waals surface area contributed by atoms with Gasteiger partial charge < -0.3 is 14.6 Å². The number of nitrogens with one attached hydrogen (secondary N) is 1. The fraction of sp³-hybridized carbons (Fsp3) is 0.621. The van der Waals surface area contributed by atoms with E-state index in [0.717, 1.165) is 30.6 Å². The van der Waals surface area contributed by atoms with E-state index in [0.29, 0.717) is 48.1 Å². The fourth-order valence-electron chi connectivity index (χ4n) is 5.63. The molecular formula is C29H44FN5O4Si2. The third-order valence-electron chi connectivity index (χ3n) is 8.44. The van der Waals surface area contributed by atoms with Crippen LogP contribution in [0.15, 0.2) is 12.1 Å². The highest BCUT2D eigenvalue weighted by molar-refractivity contribution is 6.76. The van der Waals surface area contributed by atoms with Crippen LogP contribution in [0.4, 0.5) is 14.9 Å². The molecule has 0 bridgehead atoms. The van der Waals surface area contributed by atoms with Crippen molar-refractivity contribution in [3.63, 3.8) is 0 Å². The summed E-state index contributed by atoms with van der Waals surface area (Å²) in [5.41, 5.74) is 4.38. The van der Waals surface area contributed by atoms with E-state index in [-0.39, 0.29) is 12.4 Å². The summed E-state index contributed by atoms with van der Waals surface area (Å²) in [5.74, 6) is 0.558. The number of rotatable bonds is 12. The molecule has 2 aliphatic carbocycles. The zero-order chi connectivity index (χ0) is 29.7. The number of carboxylic acid groups (broad SMARTS) is 1. The second-order valence-electron chi connectivity index (χ2n) is 14.5. The zero-order valence-electron chi connectivity index (χ0n) is 25.4. The molecule has 9 nitrogen and oxygen atoms in total. The highest BCUT2D eigenvalue weighted by atomic mass is 28.3. The molecule has 0 radical (unpaired) electrons. The van der Waals surface area contributed by atoms with Crippen LogP contribution in [-0.2, 0) is 35.8 Å². The maximum absolute atomic E-state index is 14.9. The molecule has 2 heterocycles. The number of hydrogen-bond donors (Lipinski definition) is 2. The van der Waals surface area contributed by atoms with Gasteiger partial charge >= 0.3 is 6.09 Å². The number of fused-ring (bicyclic) bond motifs is 3. The summed E-state index contributed by atoms with van der Waals surface area (Å²) in [6.07, 6.45) is 1.75. The molecule has 224 valence electrons. The smallest absolute Gasteiger partial charge is 0.409 e. The van der Waals surface area contributed by atoms with Crippen molar-refractivity contribution in [2.24, 2.45) is 11.3 Å². The number of benzene rings is 1. The van der Waals surface area contributed by atoms with Crippen molar-refractivity contribution in [2.45, 2.75) is 91.0 Å². The molecule has 2 N–H and O–H groups in total. The molecule has 1 aromatic carbocycles. The predicted octanol–water partition coefficient (Wildman–Crippen LogP) is 6.88. The Morgan fingerprint density at radius 2 is 1.78 bits per heavy atom. The molecular weight excluding hydrogens is 558 g/mol. The number of anilines is 1. The van der Waals surface area contributed by atoms with Crippen LogP contribution < -0.4 is 5.32 Å². The van der Waals surface area contributed by atoms with Gasteiger partial charge in [0.15, 0.2) is 5.82 Å². The minimum atomic E-state index is -1.32. The first-order chi connectivity index (χ1) is 19.1. The molecule has 5 rings (SSSR count). The van der Waals surface area contributed by atoms with Crippen molar-refractivity contribution >= 4 is 39.0 Å². The second kappa shape index (κ2) is 10.9. The highest BCUT2D eigenvalue weighted by Gasteiger charge is 2.54. The minimum absolute atomic E-state index is 0.114. The van der Waals surface area contributed by atoms with Gasteiger partial charge in [0.25, 0.3) is 0 Å². The lowest BCUT2D eigenvalue weighted by molar-refractivity contribution is 0.0756. The van der Waals surface area contributed by atoms with E-state index in [9.17, 15) is 14.3 Å². The lowest BCUT2D eigenvalue weighted by atomic mass is 9.87. The van der Waals surface area contributed by atoms with Gasteiger partial charge in [-0.05, 0) is 48.7 Å². The Kier molecular flexibility index (Phi) is 7.99. The number of nitrogens with zero attached hydrogens (tertiary/aromatic N) is 4. The Hall–Kier alpha value is -2.55. The lowest BCUT2D eigenvalue weighted by Gasteiger charge is -2.20. The number of aromatic nitrogens is 4. The van der Waals surface area contributed by atoms with Crippen LogP contribution in [0.5, 0.6) is 0 Å². The highest BCUT2D eigenvalue weighted by Crippen LogP contribution is 2.60. The topological polar surface area (TPSA) is 103 Å². The van der Waals surface area contributed by atoms with Crippen LogP contribution in [0.1, 0.15) is 24.6 Å². The van der Waals surface area contributed by atoms with Crippen LogP contribution in [0, 0.1) is 17.2 Å². The summed E-state index contributed by atoms with van der Waals surface area (Å²) in [4.78, 5) is 16.2. The summed E-state index contributed by atoms with van der Waals surface area (Å²) in [5, 5.41) is 16.5. The van der Waals surface area contributed by atoms with E-state index in [1.165, 1.54) is 29.8 Å². The lowest BCUT2D eigenvalue weighted by Crippen LogP contribution is -2.23. The molecule has 0 aliphatic heterocycles. The number of ether oxygens (including phenoxy) is 2. The van der Waals surface area contributed by atoms with Crippen molar-refractivity contribution in [3.05, 3.63) is 29.2 Å². The molecule has 1 saturated carbocycles. The van der Waals surface area contributed by atoms with E-state index in [1.807, 2.05) is 9.25 Å². The predicted molar refractivity (Wildman–Crippen MR) is 164 cm³/mol. The maximum Gasteiger partial charge on any atom is 0.409 e. The number of imidazole rings is 1. The van der Waals surface area contributed by atoms with Crippen LogP contribution >= 0.6 is 0 Å². The first kappa shape index (κ1) is 29.9. The number of carbonyl (C=O) groups is 1. The zero-order valence-corrected chi connectivity index (χ0v) is 27.4. The SMILES string of the molecule is C[C@@]12Cc3c(c(-c4nc5cc(F)c(NC(=O)O)cc5n4COCC[Si](C)(C)C)nn3COCC[Si](C)(C)C)C[C@@H]1C2. The Labute approximate surface area is 243 Å². The van der Waals surface area contributed by atoms with Gasteiger partial charge in [0.1, 0.15) is 25.0 Å². The average Bonchev–Trinajstić information content (AvgIpc) is 3.22. The van der Waals surface area contributed by atoms with Crippen molar-refractivity contribution in [1.29, 1.82) is 0 Å². The van der Waals surface area contributed by atoms with Gasteiger partial charge in [-0.15, -0.1) is 0 Å². The van der Waals surface area contributed by atoms with Crippen LogP contribution in [0.3, 0.4) is 0 Å². The van der Waals surface area contributed by atoms with Crippen molar-refractivity contribution < 1.29 is 23.8 Å². The summed E-state index contributed by atoms with van der Waals surface area (Å²) in [6.45, 7) is 18.2. The molecule has 1 fully saturated rings. The standard InChI is InChI=1S/C29H44FN5O4Si2/c1-29-15-19(29)12-20-25(16-29)35(18-39-9-11-41(5,6)7)33-26(20)27-31-23-13-21(30)22(32-28(36)37)14-24(23)34(27)17-38-8-10-40(2,3)4/h13-14,19,32H,8-12,15-18H2,1-7H3,(H,36,37)/t19-,29-/m1/s1. The van der Waals surface area contributed by atoms with E-state index in [4.69, 9.17) is 19.6 Å². The molecule has 1 amide bonds. The van der Waals surface area contributed by atoms with Crippen LogP contribution in [-0.4, -0.2) is 59.9 Å². The minimum Gasteiger partial charge on any atom is -0.465 e. The third-order valence-corrected chi connectivity index (χ3v) is 11.9. The van der Waals surface area contributed by atoms with Gasteiger partial charge in [-0.3, -0.25) is 9.88 Å². The Morgan fingerprint density at radius 3 is 2.41 bits per heavy atom. The van der Waals surface area contributed by atoms with E-state index in [1.54, 1.807) is 0 Å². The molecule has 2 aromatic heterocycles. The van der Waals surface area contributed by atoms with Crippen molar-refractivity contribution in [1.82, 2.24) is 19.3 Å². The molecule has 3 aromatic rings. The first-order valence-electron chi connectivity index (χ1n) is 14.6. The van der Waals surface area contributed by atoms with E-state index < -0.39 is 28.1 Å². The molecule has 41 heavy (non-hydrogen) atoms. The largest absolute Gasteiger partial charge is 0.465 e. The van der Waals surface area contributed by atoms with Crippen molar-refractivity contribution in [2.75, 3.05) is 18.5 Å². The van der Waals surface area contributed by atoms with Gasteiger partial charge in [-0.2, -0.15) is 5.10 Å². The van der Waals surface area contributed by atoms with Crippen LogP contribution in [0.2, 0.25) is 51.4 Å². The van der Waals surface area contributed by atoms with Gasteiger partial charge in [0, 0.05) is 46.7 Å². The second-order valence-corrected chi connectivity index (χ2v) is 25.8. The Balaban J connectivity index is 1.54. The molecule has 12 heteroatoms. The van der Waals surface area contributed by atoms with Gasteiger partial charge in [-0.25, -0.2) is 18.9 Å². The summed E-state index contributed by atoms with van der Waals surface area (Å²) in [6, 6.07) is 4.88. The maximum atomic E-state index is 14.9. The number of amides is 1. The number of hydrogen-bond acceptors (Lipinski definition) is 5.